The van der Waals surface area contributed by atoms with Gasteiger partial charge in [-0.05, 0) is 115 Å². The Kier molecular flexibility index (Phi) is 6.00. The van der Waals surface area contributed by atoms with Gasteiger partial charge in [0.2, 0.25) is 0 Å². The van der Waals surface area contributed by atoms with Crippen molar-refractivity contribution in [3.05, 3.63) is 35.9 Å². The van der Waals surface area contributed by atoms with E-state index in [0.717, 1.165) is 31.2 Å². The van der Waals surface area contributed by atoms with E-state index in [4.69, 9.17) is 4.74 Å². The van der Waals surface area contributed by atoms with Crippen molar-refractivity contribution in [3.8, 4) is 0 Å². The van der Waals surface area contributed by atoms with E-state index in [2.05, 4.69) is 46.8 Å². The average Bonchev–Trinajstić information content (AvgIpc) is 3.32. The van der Waals surface area contributed by atoms with Crippen LogP contribution in [0.15, 0.2) is 30.3 Å². The van der Waals surface area contributed by atoms with Crippen LogP contribution in [0.2, 0.25) is 0 Å². The molecule has 204 valence electrons. The number of carbonyl (C=O) groups excluding carboxylic acids is 1. The summed E-state index contributed by atoms with van der Waals surface area (Å²) in [5.74, 6) is 2.50. The summed E-state index contributed by atoms with van der Waals surface area (Å²) in [6, 6.07) is 10.2. The summed E-state index contributed by atoms with van der Waals surface area (Å²) >= 11 is 0. The standard InChI is InChI=1S/C34H50O3/c1-30(2)26-15-19-33(5)27(31(26,3)18-16-28(30)35)14-13-24-25-12-9-17-34(25,21-20-32(24,33)4)29(36)37-22-23-10-7-6-8-11-23/h6-8,10-11,24-28,35H,9,12-22H2,1-5H3/t24-,25-,26+,27-,28+,31+,32-,33-,34+/m1/s1. The quantitative estimate of drug-likeness (QED) is 0.423. The summed E-state index contributed by atoms with van der Waals surface area (Å²) in [6.07, 6.45) is 12.6. The molecule has 0 aliphatic heterocycles. The molecule has 1 aromatic carbocycles. The molecule has 9 atom stereocenters. The molecule has 0 bridgehead atoms. The van der Waals surface area contributed by atoms with Crippen LogP contribution in [-0.2, 0) is 16.1 Å². The molecule has 5 fully saturated rings. The molecule has 3 heteroatoms. The van der Waals surface area contributed by atoms with Gasteiger partial charge >= 0.3 is 5.97 Å². The number of rotatable bonds is 3. The van der Waals surface area contributed by atoms with Gasteiger partial charge in [-0.25, -0.2) is 0 Å². The second-order valence-corrected chi connectivity index (χ2v) is 15.3. The molecule has 5 aliphatic carbocycles. The first-order valence-electron chi connectivity index (χ1n) is 15.4. The van der Waals surface area contributed by atoms with Gasteiger partial charge in [0.15, 0.2) is 0 Å². The summed E-state index contributed by atoms with van der Waals surface area (Å²) in [7, 11) is 0. The van der Waals surface area contributed by atoms with Crippen LogP contribution in [0.25, 0.3) is 0 Å². The van der Waals surface area contributed by atoms with Crippen LogP contribution in [0.3, 0.4) is 0 Å². The minimum absolute atomic E-state index is 0.00175. The zero-order valence-corrected chi connectivity index (χ0v) is 24.0. The molecule has 0 amide bonds. The fourth-order valence-corrected chi connectivity index (χ4v) is 11.8. The summed E-state index contributed by atoms with van der Waals surface area (Å²) in [4.78, 5) is 13.8. The van der Waals surface area contributed by atoms with E-state index in [0.29, 0.717) is 41.1 Å². The number of esters is 1. The van der Waals surface area contributed by atoms with Gasteiger partial charge in [-0.2, -0.15) is 0 Å². The molecule has 37 heavy (non-hydrogen) atoms. The summed E-state index contributed by atoms with van der Waals surface area (Å²) in [5.41, 5.74) is 1.72. The molecule has 5 aliphatic rings. The molecule has 0 saturated heterocycles. The first-order valence-corrected chi connectivity index (χ1v) is 15.4. The third-order valence-corrected chi connectivity index (χ3v) is 14.0. The second-order valence-electron chi connectivity index (χ2n) is 15.3. The van der Waals surface area contributed by atoms with Crippen LogP contribution >= 0.6 is 0 Å². The van der Waals surface area contributed by atoms with Crippen LogP contribution in [-0.4, -0.2) is 17.2 Å². The minimum Gasteiger partial charge on any atom is -0.460 e. The molecule has 6 rings (SSSR count). The second kappa shape index (κ2) is 8.57. The molecule has 1 aromatic rings. The van der Waals surface area contributed by atoms with Crippen LogP contribution in [0, 0.1) is 50.7 Å². The predicted molar refractivity (Wildman–Crippen MR) is 148 cm³/mol. The van der Waals surface area contributed by atoms with Crippen molar-refractivity contribution in [1.29, 1.82) is 0 Å². The number of hydrogen-bond acceptors (Lipinski definition) is 3. The maximum atomic E-state index is 13.8. The van der Waals surface area contributed by atoms with Crippen LogP contribution < -0.4 is 0 Å². The Balaban J connectivity index is 1.28. The van der Waals surface area contributed by atoms with Crippen LogP contribution in [0.1, 0.15) is 111 Å². The Morgan fingerprint density at radius 2 is 1.57 bits per heavy atom. The van der Waals surface area contributed by atoms with Gasteiger partial charge in [-0.15, -0.1) is 0 Å². The summed E-state index contributed by atoms with van der Waals surface area (Å²) < 4.78 is 6.07. The molecule has 0 heterocycles. The molecular weight excluding hydrogens is 456 g/mol. The maximum Gasteiger partial charge on any atom is 0.312 e. The highest BCUT2D eigenvalue weighted by atomic mass is 16.5. The van der Waals surface area contributed by atoms with E-state index >= 15 is 0 Å². The minimum atomic E-state index is -0.264. The average molecular weight is 507 g/mol. The summed E-state index contributed by atoms with van der Waals surface area (Å²) in [6.45, 7) is 13.0. The van der Waals surface area contributed by atoms with Crippen molar-refractivity contribution >= 4 is 5.97 Å². The normalized spacial score (nSPS) is 48.2. The SMILES string of the molecule is CC1(C)[C@@H](O)CC[C@]2(C)[C@H]3CC[C@@H]4[C@H]5CCC[C@]5(C(=O)OCc5ccccc5)CC[C@@]4(C)[C@]3(C)CC[C@@H]12. The lowest BCUT2D eigenvalue weighted by atomic mass is 9.32. The van der Waals surface area contributed by atoms with E-state index < -0.39 is 0 Å². The zero-order chi connectivity index (χ0) is 26.3. The molecule has 5 saturated carbocycles. The largest absolute Gasteiger partial charge is 0.460 e. The number of benzene rings is 1. The van der Waals surface area contributed by atoms with Crippen molar-refractivity contribution in [2.45, 2.75) is 118 Å². The number of aliphatic hydroxyl groups excluding tert-OH is 1. The first-order chi connectivity index (χ1) is 17.5. The lowest BCUT2D eigenvalue weighted by Crippen LogP contribution is -2.66. The van der Waals surface area contributed by atoms with Crippen LogP contribution in [0.4, 0.5) is 0 Å². The molecule has 0 aromatic heterocycles. The highest BCUT2D eigenvalue weighted by Crippen LogP contribution is 2.76. The number of ether oxygens (including phenoxy) is 1. The lowest BCUT2D eigenvalue weighted by Gasteiger charge is -2.72. The first kappa shape index (κ1) is 25.9. The van der Waals surface area contributed by atoms with Crippen molar-refractivity contribution in [3.63, 3.8) is 0 Å². The number of aliphatic hydroxyl groups is 1. The van der Waals surface area contributed by atoms with E-state index in [1.54, 1.807) is 0 Å². The Labute approximate surface area is 225 Å². The van der Waals surface area contributed by atoms with Gasteiger partial charge in [0.05, 0.1) is 11.5 Å². The van der Waals surface area contributed by atoms with Crippen molar-refractivity contribution in [1.82, 2.24) is 0 Å². The van der Waals surface area contributed by atoms with Gasteiger partial charge < -0.3 is 9.84 Å². The molecule has 3 nitrogen and oxygen atoms in total. The van der Waals surface area contributed by atoms with Gasteiger partial charge in [0.25, 0.3) is 0 Å². The summed E-state index contributed by atoms with van der Waals surface area (Å²) in [5, 5.41) is 10.9. The smallest absolute Gasteiger partial charge is 0.312 e. The van der Waals surface area contributed by atoms with Crippen LogP contribution in [0.5, 0.6) is 0 Å². The van der Waals surface area contributed by atoms with E-state index in [1.165, 1.54) is 44.9 Å². The van der Waals surface area contributed by atoms with Crippen molar-refractivity contribution < 1.29 is 14.6 Å². The Hall–Kier alpha value is -1.35. The van der Waals surface area contributed by atoms with E-state index in [-0.39, 0.29) is 28.3 Å². The maximum absolute atomic E-state index is 13.8. The highest BCUT2D eigenvalue weighted by molar-refractivity contribution is 5.78. The van der Waals surface area contributed by atoms with E-state index in [9.17, 15) is 9.90 Å². The fourth-order valence-electron chi connectivity index (χ4n) is 11.8. The third-order valence-electron chi connectivity index (χ3n) is 14.0. The lowest BCUT2D eigenvalue weighted by molar-refractivity contribution is -0.247. The fraction of sp³-hybridized carbons (Fsp3) is 0.794. The molecule has 1 N–H and O–H groups in total. The molecule has 0 spiro atoms. The number of carbonyl (C=O) groups is 1. The number of fused-ring (bicyclic) bond motifs is 7. The van der Waals surface area contributed by atoms with Gasteiger partial charge in [-0.1, -0.05) is 71.4 Å². The van der Waals surface area contributed by atoms with Crippen molar-refractivity contribution in [2.75, 3.05) is 0 Å². The molecule has 0 radical (unpaired) electrons. The monoisotopic (exact) mass is 506 g/mol. The third kappa shape index (κ3) is 3.44. The van der Waals surface area contributed by atoms with Gasteiger partial charge in [0.1, 0.15) is 6.61 Å². The zero-order valence-electron chi connectivity index (χ0n) is 24.0. The molecule has 0 unspecified atom stereocenters. The Morgan fingerprint density at radius 3 is 2.32 bits per heavy atom. The Bertz CT molecular complexity index is 1030. The topological polar surface area (TPSA) is 46.5 Å². The van der Waals surface area contributed by atoms with Crippen molar-refractivity contribution in [2.24, 2.45) is 50.7 Å². The Morgan fingerprint density at radius 1 is 0.811 bits per heavy atom. The highest BCUT2D eigenvalue weighted by Gasteiger charge is 2.70. The number of hydrogen-bond donors (Lipinski definition) is 1. The van der Waals surface area contributed by atoms with Gasteiger partial charge in [-0.3, -0.25) is 4.79 Å². The van der Waals surface area contributed by atoms with Gasteiger partial charge in [0, 0.05) is 0 Å². The predicted octanol–water partition coefficient (Wildman–Crippen LogP) is 7.95. The molecular formula is C34H50O3. The van der Waals surface area contributed by atoms with E-state index in [1.807, 2.05) is 18.2 Å².